The van der Waals surface area contributed by atoms with Crippen LogP contribution in [0.1, 0.15) is 18.4 Å². The van der Waals surface area contributed by atoms with Crippen LogP contribution in [0.4, 0.5) is 0 Å². The molecule has 0 amide bonds. The van der Waals surface area contributed by atoms with E-state index in [0.717, 1.165) is 5.75 Å². The van der Waals surface area contributed by atoms with Gasteiger partial charge in [0, 0.05) is 16.6 Å². The van der Waals surface area contributed by atoms with E-state index in [-0.39, 0.29) is 11.9 Å². The van der Waals surface area contributed by atoms with Gasteiger partial charge in [0.1, 0.15) is 0 Å². The molecule has 1 saturated carbocycles. The van der Waals surface area contributed by atoms with E-state index in [4.69, 9.17) is 4.74 Å². The van der Waals surface area contributed by atoms with Gasteiger partial charge in [-0.1, -0.05) is 18.2 Å². The van der Waals surface area contributed by atoms with Gasteiger partial charge in [-0.2, -0.15) is 0 Å². The second kappa shape index (κ2) is 3.81. The molecular formula is C13H14O2S. The molecule has 1 heterocycles. The first kappa shape index (κ1) is 10.2. The molecule has 0 saturated heterocycles. The van der Waals surface area contributed by atoms with Crippen LogP contribution >= 0.6 is 11.8 Å². The van der Waals surface area contributed by atoms with Gasteiger partial charge >= 0.3 is 5.97 Å². The monoisotopic (exact) mass is 234 g/mol. The van der Waals surface area contributed by atoms with Gasteiger partial charge in [-0.25, -0.2) is 0 Å². The van der Waals surface area contributed by atoms with Gasteiger partial charge in [-0.3, -0.25) is 4.79 Å². The highest BCUT2D eigenvalue weighted by Crippen LogP contribution is 2.61. The average Bonchev–Trinajstić information content (AvgIpc) is 3.04. The molecule has 1 aromatic rings. The Morgan fingerprint density at radius 2 is 2.31 bits per heavy atom. The Bertz CT molecular complexity index is 430. The minimum atomic E-state index is -0.00481. The van der Waals surface area contributed by atoms with E-state index in [1.165, 1.54) is 10.5 Å². The van der Waals surface area contributed by atoms with Gasteiger partial charge in [0.05, 0.1) is 12.5 Å². The number of ether oxygens (including phenoxy) is 1. The standard InChI is InChI=1S/C13H14O2S/c1-2-15-13(14)12-9-7-16-10-6-4-3-5-8(10)11(9)12/h3-6,9,11-12H,2,7H2,1H3/t9-,11+,12-/m0/s1. The summed E-state index contributed by atoms with van der Waals surface area (Å²) in [6, 6.07) is 8.42. The predicted octanol–water partition coefficient (Wildman–Crippen LogP) is 2.69. The van der Waals surface area contributed by atoms with Gasteiger partial charge < -0.3 is 4.74 Å². The Labute approximate surface area is 99.4 Å². The largest absolute Gasteiger partial charge is 0.466 e. The summed E-state index contributed by atoms with van der Waals surface area (Å²) in [7, 11) is 0. The van der Waals surface area contributed by atoms with Gasteiger partial charge in [0.25, 0.3) is 0 Å². The summed E-state index contributed by atoms with van der Waals surface area (Å²) in [5.41, 5.74) is 1.35. The fraction of sp³-hybridized carbons (Fsp3) is 0.462. The number of hydrogen-bond acceptors (Lipinski definition) is 3. The van der Waals surface area contributed by atoms with Crippen LogP contribution in [0.2, 0.25) is 0 Å². The molecule has 1 aliphatic heterocycles. The van der Waals surface area contributed by atoms with E-state index in [0.29, 0.717) is 18.4 Å². The van der Waals surface area contributed by atoms with Crippen molar-refractivity contribution in [3.63, 3.8) is 0 Å². The van der Waals surface area contributed by atoms with Crippen LogP contribution in [0.5, 0.6) is 0 Å². The number of benzene rings is 1. The second-order valence-electron chi connectivity index (χ2n) is 4.32. The van der Waals surface area contributed by atoms with Crippen LogP contribution in [0.15, 0.2) is 29.2 Å². The molecule has 0 radical (unpaired) electrons. The van der Waals surface area contributed by atoms with E-state index < -0.39 is 0 Å². The third-order valence-electron chi connectivity index (χ3n) is 3.44. The maximum absolute atomic E-state index is 11.8. The Morgan fingerprint density at radius 3 is 3.12 bits per heavy atom. The summed E-state index contributed by atoms with van der Waals surface area (Å²) in [5.74, 6) is 2.12. The van der Waals surface area contributed by atoms with Crippen LogP contribution in [0.25, 0.3) is 0 Å². The fourth-order valence-electron chi connectivity index (χ4n) is 2.64. The molecule has 0 unspecified atom stereocenters. The van der Waals surface area contributed by atoms with Crippen LogP contribution < -0.4 is 0 Å². The minimum absolute atomic E-state index is 0.00481. The molecule has 0 spiro atoms. The van der Waals surface area contributed by atoms with Crippen LogP contribution in [-0.2, 0) is 9.53 Å². The van der Waals surface area contributed by atoms with Crippen molar-refractivity contribution in [1.82, 2.24) is 0 Å². The van der Waals surface area contributed by atoms with Gasteiger partial charge in [0.15, 0.2) is 0 Å². The first-order valence-electron chi connectivity index (χ1n) is 5.71. The Morgan fingerprint density at radius 1 is 1.50 bits per heavy atom. The summed E-state index contributed by atoms with van der Waals surface area (Å²) in [5, 5.41) is 0. The Kier molecular flexibility index (Phi) is 2.43. The summed E-state index contributed by atoms with van der Waals surface area (Å²) in [4.78, 5) is 13.1. The molecule has 16 heavy (non-hydrogen) atoms. The van der Waals surface area contributed by atoms with E-state index in [1.54, 1.807) is 0 Å². The molecule has 2 aliphatic rings. The molecule has 1 fully saturated rings. The normalized spacial score (nSPS) is 30.2. The number of rotatable bonds is 2. The van der Waals surface area contributed by atoms with Gasteiger partial charge in [-0.05, 0) is 24.5 Å². The lowest BCUT2D eigenvalue weighted by Crippen LogP contribution is -2.08. The zero-order valence-electron chi connectivity index (χ0n) is 9.18. The van der Waals surface area contributed by atoms with Crippen LogP contribution in [0, 0.1) is 11.8 Å². The lowest BCUT2D eigenvalue weighted by Gasteiger charge is -2.12. The quantitative estimate of drug-likeness (QED) is 0.736. The molecule has 1 aromatic carbocycles. The van der Waals surface area contributed by atoms with Crippen molar-refractivity contribution in [1.29, 1.82) is 0 Å². The molecule has 0 N–H and O–H groups in total. The first-order chi connectivity index (χ1) is 7.83. The second-order valence-corrected chi connectivity index (χ2v) is 5.38. The van der Waals surface area contributed by atoms with Crippen molar-refractivity contribution in [3.05, 3.63) is 29.8 Å². The van der Waals surface area contributed by atoms with E-state index in [2.05, 4.69) is 24.3 Å². The number of thioether (sulfide) groups is 1. The predicted molar refractivity (Wildman–Crippen MR) is 63.5 cm³/mol. The van der Waals surface area contributed by atoms with Crippen molar-refractivity contribution >= 4 is 17.7 Å². The highest BCUT2D eigenvalue weighted by Gasteiger charge is 2.58. The average molecular weight is 234 g/mol. The highest BCUT2D eigenvalue weighted by atomic mass is 32.2. The molecule has 3 heteroatoms. The highest BCUT2D eigenvalue weighted by molar-refractivity contribution is 7.99. The SMILES string of the molecule is CCOC(=O)[C@H]1[C@H]2CSc3ccccc3[C@H]21. The molecule has 2 nitrogen and oxygen atoms in total. The smallest absolute Gasteiger partial charge is 0.309 e. The zero-order valence-corrected chi connectivity index (χ0v) is 10.00. The fourth-order valence-corrected chi connectivity index (χ4v) is 3.97. The van der Waals surface area contributed by atoms with E-state index >= 15 is 0 Å². The Hall–Kier alpha value is -0.960. The number of esters is 1. The van der Waals surface area contributed by atoms with E-state index in [9.17, 15) is 4.79 Å². The number of carbonyl (C=O) groups is 1. The van der Waals surface area contributed by atoms with Gasteiger partial charge in [0.2, 0.25) is 0 Å². The third-order valence-corrected chi connectivity index (χ3v) is 4.67. The molecule has 84 valence electrons. The number of hydrogen-bond donors (Lipinski definition) is 0. The number of fused-ring (bicyclic) bond motifs is 3. The summed E-state index contributed by atoms with van der Waals surface area (Å²) in [6.45, 7) is 2.36. The molecule has 3 atom stereocenters. The van der Waals surface area contributed by atoms with Crippen LogP contribution in [0.3, 0.4) is 0 Å². The Balaban J connectivity index is 1.85. The van der Waals surface area contributed by atoms with Crippen molar-refractivity contribution in [2.45, 2.75) is 17.7 Å². The summed E-state index contributed by atoms with van der Waals surface area (Å²) >= 11 is 1.87. The lowest BCUT2D eigenvalue weighted by molar-refractivity contribution is -0.145. The first-order valence-corrected chi connectivity index (χ1v) is 6.70. The van der Waals surface area contributed by atoms with Crippen molar-refractivity contribution < 1.29 is 9.53 Å². The zero-order chi connectivity index (χ0) is 11.1. The molecular weight excluding hydrogens is 220 g/mol. The van der Waals surface area contributed by atoms with Crippen molar-refractivity contribution in [2.24, 2.45) is 11.8 Å². The topological polar surface area (TPSA) is 26.3 Å². The maximum atomic E-state index is 11.8. The minimum Gasteiger partial charge on any atom is -0.466 e. The van der Waals surface area contributed by atoms with E-state index in [1.807, 2.05) is 18.7 Å². The molecule has 0 bridgehead atoms. The van der Waals surface area contributed by atoms with Crippen molar-refractivity contribution in [2.75, 3.05) is 12.4 Å². The summed E-state index contributed by atoms with van der Waals surface area (Å²) < 4.78 is 5.12. The molecule has 3 rings (SSSR count). The molecule has 1 aliphatic carbocycles. The third kappa shape index (κ3) is 1.46. The molecule has 0 aromatic heterocycles. The van der Waals surface area contributed by atoms with Gasteiger partial charge in [-0.15, -0.1) is 11.8 Å². The lowest BCUT2D eigenvalue weighted by atomic mass is 10.1. The van der Waals surface area contributed by atoms with Crippen LogP contribution in [-0.4, -0.2) is 18.3 Å². The maximum Gasteiger partial charge on any atom is 0.309 e. The van der Waals surface area contributed by atoms with Crippen molar-refractivity contribution in [3.8, 4) is 0 Å². The number of carbonyl (C=O) groups excluding carboxylic acids is 1. The summed E-state index contributed by atoms with van der Waals surface area (Å²) in [6.07, 6.45) is 0.